The lowest BCUT2D eigenvalue weighted by atomic mass is 9.97. The zero-order valence-corrected chi connectivity index (χ0v) is 15.2. The average Bonchev–Trinajstić information content (AvgIpc) is 2.87. The molecule has 0 saturated carbocycles. The minimum atomic E-state index is -0.321. The Morgan fingerprint density at radius 1 is 1.20 bits per heavy atom. The molecule has 1 aromatic heterocycles. The number of piperidine rings is 1. The smallest absolute Gasteiger partial charge is 0.227 e. The molecule has 0 radical (unpaired) electrons. The van der Waals surface area contributed by atoms with Crippen LogP contribution in [0, 0.1) is 11.7 Å². The second-order valence-corrected chi connectivity index (χ2v) is 7.08. The predicted molar refractivity (Wildman–Crippen MR) is 95.0 cm³/mol. The van der Waals surface area contributed by atoms with Crippen LogP contribution in [-0.4, -0.2) is 72.0 Å². The van der Waals surface area contributed by atoms with Gasteiger partial charge in [-0.1, -0.05) is 6.92 Å². The van der Waals surface area contributed by atoms with Crippen LogP contribution in [0.25, 0.3) is 0 Å². The van der Waals surface area contributed by atoms with Gasteiger partial charge in [-0.15, -0.1) is 0 Å². The number of carbonyl (C=O) groups excluding carboxylic acids is 1. The van der Waals surface area contributed by atoms with E-state index in [4.69, 9.17) is 0 Å². The van der Waals surface area contributed by atoms with Gasteiger partial charge in [0.05, 0.1) is 11.6 Å². The fourth-order valence-electron chi connectivity index (χ4n) is 3.84. The van der Waals surface area contributed by atoms with Crippen molar-refractivity contribution in [3.63, 3.8) is 0 Å². The van der Waals surface area contributed by atoms with Crippen molar-refractivity contribution in [3.8, 4) is 0 Å². The number of carbonyl (C=O) groups is 1. The van der Waals surface area contributed by atoms with E-state index >= 15 is 0 Å². The molecule has 2 saturated heterocycles. The van der Waals surface area contributed by atoms with Gasteiger partial charge >= 0.3 is 0 Å². The number of amides is 1. The van der Waals surface area contributed by atoms with Crippen LogP contribution in [0.1, 0.15) is 31.9 Å². The van der Waals surface area contributed by atoms with Crippen molar-refractivity contribution in [2.45, 2.75) is 32.6 Å². The zero-order valence-electron chi connectivity index (χ0n) is 15.2. The number of rotatable bonds is 3. The van der Waals surface area contributed by atoms with E-state index < -0.39 is 0 Å². The van der Waals surface area contributed by atoms with Crippen molar-refractivity contribution < 1.29 is 9.18 Å². The Kier molecular flexibility index (Phi) is 5.83. The van der Waals surface area contributed by atoms with Gasteiger partial charge in [-0.25, -0.2) is 14.4 Å². The molecule has 0 aromatic carbocycles. The van der Waals surface area contributed by atoms with E-state index in [0.717, 1.165) is 38.9 Å². The summed E-state index contributed by atoms with van der Waals surface area (Å²) in [6.07, 6.45) is 4.87. The van der Waals surface area contributed by atoms with Gasteiger partial charge in [0.15, 0.2) is 11.6 Å². The molecule has 3 heterocycles. The fourth-order valence-corrected chi connectivity index (χ4v) is 3.84. The highest BCUT2D eigenvalue weighted by molar-refractivity contribution is 5.79. The number of halogens is 1. The molecule has 1 unspecified atom stereocenters. The maximum absolute atomic E-state index is 14.5. The third-order valence-electron chi connectivity index (χ3n) is 5.26. The zero-order chi connectivity index (χ0) is 17.8. The summed E-state index contributed by atoms with van der Waals surface area (Å²) in [5, 5.41) is 0. The topological polar surface area (TPSA) is 52.6 Å². The molecule has 2 aliphatic heterocycles. The molecule has 3 rings (SSSR count). The average molecular weight is 349 g/mol. The highest BCUT2D eigenvalue weighted by atomic mass is 19.1. The van der Waals surface area contributed by atoms with Crippen LogP contribution < -0.4 is 4.90 Å². The quantitative estimate of drug-likeness (QED) is 0.829. The fraction of sp³-hybridized carbons (Fsp3) is 0.722. The summed E-state index contributed by atoms with van der Waals surface area (Å²) in [6.45, 7) is 6.51. The summed E-state index contributed by atoms with van der Waals surface area (Å²) < 4.78 is 14.5. The molecular formula is C18H28FN5O. The van der Waals surface area contributed by atoms with Crippen molar-refractivity contribution in [3.05, 3.63) is 17.8 Å². The molecule has 0 aliphatic carbocycles. The molecule has 0 spiro atoms. The SMILES string of the molecule is CCc1ncnc(N2CCCN(C(=O)C3CCCN(C)C3)CC2)c1F. The molecule has 0 bridgehead atoms. The Hall–Kier alpha value is -1.76. The molecule has 138 valence electrons. The first kappa shape index (κ1) is 18.0. The van der Waals surface area contributed by atoms with E-state index in [0.29, 0.717) is 37.6 Å². The highest BCUT2D eigenvalue weighted by Gasteiger charge is 2.29. The Bertz CT molecular complexity index is 611. The Morgan fingerprint density at radius 2 is 2.04 bits per heavy atom. The Balaban J connectivity index is 1.65. The van der Waals surface area contributed by atoms with E-state index in [-0.39, 0.29) is 17.6 Å². The number of aromatic nitrogens is 2. The second-order valence-electron chi connectivity index (χ2n) is 7.08. The first-order chi connectivity index (χ1) is 12.1. The third-order valence-corrected chi connectivity index (χ3v) is 5.26. The predicted octanol–water partition coefficient (Wildman–Crippen LogP) is 1.56. The highest BCUT2D eigenvalue weighted by Crippen LogP contribution is 2.22. The number of hydrogen-bond acceptors (Lipinski definition) is 5. The van der Waals surface area contributed by atoms with Crippen LogP contribution in [0.5, 0.6) is 0 Å². The Morgan fingerprint density at radius 3 is 2.80 bits per heavy atom. The molecule has 2 aliphatic rings. The van der Waals surface area contributed by atoms with E-state index in [1.807, 2.05) is 16.7 Å². The largest absolute Gasteiger partial charge is 0.352 e. The third kappa shape index (κ3) is 4.08. The van der Waals surface area contributed by atoms with Gasteiger partial charge in [0.1, 0.15) is 6.33 Å². The molecular weight excluding hydrogens is 321 g/mol. The number of nitrogens with zero attached hydrogens (tertiary/aromatic N) is 5. The van der Waals surface area contributed by atoms with Crippen molar-refractivity contribution in [1.82, 2.24) is 19.8 Å². The van der Waals surface area contributed by atoms with Gasteiger partial charge in [0, 0.05) is 32.7 Å². The van der Waals surface area contributed by atoms with Crippen molar-refractivity contribution in [2.24, 2.45) is 5.92 Å². The summed E-state index contributed by atoms with van der Waals surface area (Å²) in [6, 6.07) is 0. The van der Waals surface area contributed by atoms with Gasteiger partial charge in [0.25, 0.3) is 0 Å². The maximum atomic E-state index is 14.5. The van der Waals surface area contributed by atoms with E-state index in [2.05, 4.69) is 21.9 Å². The molecule has 1 atom stereocenters. The normalized spacial score (nSPS) is 22.8. The lowest BCUT2D eigenvalue weighted by Gasteiger charge is -2.32. The molecule has 25 heavy (non-hydrogen) atoms. The summed E-state index contributed by atoms with van der Waals surface area (Å²) in [5.74, 6) is 0.413. The van der Waals surface area contributed by atoms with Gasteiger partial charge in [0.2, 0.25) is 5.91 Å². The molecule has 0 N–H and O–H groups in total. The van der Waals surface area contributed by atoms with Gasteiger partial charge in [-0.05, 0) is 39.3 Å². The monoisotopic (exact) mass is 349 g/mol. The standard InChI is InChI=1S/C18H28FN5O/c1-3-15-16(19)17(21-13-20-15)23-8-5-9-24(11-10-23)18(25)14-6-4-7-22(2)12-14/h13-14H,3-12H2,1-2H3. The first-order valence-corrected chi connectivity index (χ1v) is 9.31. The molecule has 1 aromatic rings. The second kappa shape index (κ2) is 8.08. The summed E-state index contributed by atoms with van der Waals surface area (Å²) >= 11 is 0. The minimum Gasteiger partial charge on any atom is -0.352 e. The van der Waals surface area contributed by atoms with Crippen molar-refractivity contribution in [1.29, 1.82) is 0 Å². The van der Waals surface area contributed by atoms with E-state index in [1.165, 1.54) is 6.33 Å². The summed E-state index contributed by atoms with van der Waals surface area (Å²) in [4.78, 5) is 27.2. The summed E-state index contributed by atoms with van der Waals surface area (Å²) in [5.41, 5.74) is 0.451. The number of anilines is 1. The van der Waals surface area contributed by atoms with Gasteiger partial charge < -0.3 is 14.7 Å². The van der Waals surface area contributed by atoms with Crippen LogP contribution in [0.15, 0.2) is 6.33 Å². The maximum Gasteiger partial charge on any atom is 0.227 e. The van der Waals surface area contributed by atoms with E-state index in [9.17, 15) is 9.18 Å². The molecule has 7 heteroatoms. The van der Waals surface area contributed by atoms with Crippen molar-refractivity contribution in [2.75, 3.05) is 51.2 Å². The van der Waals surface area contributed by atoms with Crippen LogP contribution in [0.2, 0.25) is 0 Å². The van der Waals surface area contributed by atoms with Crippen LogP contribution >= 0.6 is 0 Å². The van der Waals surface area contributed by atoms with Crippen LogP contribution in [-0.2, 0) is 11.2 Å². The molecule has 6 nitrogen and oxygen atoms in total. The molecule has 2 fully saturated rings. The number of likely N-dealkylation sites (tertiary alicyclic amines) is 1. The number of aryl methyl sites for hydroxylation is 1. The Labute approximate surface area is 149 Å². The van der Waals surface area contributed by atoms with Gasteiger partial charge in [-0.2, -0.15) is 0 Å². The van der Waals surface area contributed by atoms with Crippen LogP contribution in [0.3, 0.4) is 0 Å². The minimum absolute atomic E-state index is 0.104. The van der Waals surface area contributed by atoms with E-state index in [1.54, 1.807) is 0 Å². The molecule has 1 amide bonds. The lowest BCUT2D eigenvalue weighted by molar-refractivity contribution is -0.136. The summed E-state index contributed by atoms with van der Waals surface area (Å²) in [7, 11) is 2.08. The van der Waals surface area contributed by atoms with Crippen molar-refractivity contribution >= 4 is 11.7 Å². The number of hydrogen-bond donors (Lipinski definition) is 0. The lowest BCUT2D eigenvalue weighted by Crippen LogP contribution is -2.44. The van der Waals surface area contributed by atoms with Gasteiger partial charge in [-0.3, -0.25) is 4.79 Å². The van der Waals surface area contributed by atoms with Crippen LogP contribution in [0.4, 0.5) is 10.2 Å². The first-order valence-electron chi connectivity index (χ1n) is 9.31.